The summed E-state index contributed by atoms with van der Waals surface area (Å²) in [6, 6.07) is 9.33. The van der Waals surface area contributed by atoms with Crippen molar-refractivity contribution in [3.05, 3.63) is 46.7 Å². The molecule has 1 aromatic heterocycles. The highest BCUT2D eigenvalue weighted by Gasteiger charge is 2.22. The molecule has 7 nitrogen and oxygen atoms in total. The van der Waals surface area contributed by atoms with Gasteiger partial charge in [0.1, 0.15) is 5.76 Å². The van der Waals surface area contributed by atoms with Crippen molar-refractivity contribution < 1.29 is 14.1 Å². The quantitative estimate of drug-likeness (QED) is 0.537. The second kappa shape index (κ2) is 12.0. The van der Waals surface area contributed by atoms with Crippen LogP contribution in [0.4, 0.5) is 5.82 Å². The molecule has 0 aliphatic carbocycles. The molecular formula is C21H29ClN4O3S. The summed E-state index contributed by atoms with van der Waals surface area (Å²) in [5, 5.41) is 9.68. The normalized spacial score (nSPS) is 13.1. The van der Waals surface area contributed by atoms with Gasteiger partial charge in [-0.2, -0.15) is 0 Å². The number of hydrogen-bond donors (Lipinski definition) is 2. The van der Waals surface area contributed by atoms with Crippen LogP contribution in [0.1, 0.15) is 38.1 Å². The molecule has 2 amide bonds. The van der Waals surface area contributed by atoms with Gasteiger partial charge < -0.3 is 15.2 Å². The van der Waals surface area contributed by atoms with Crippen molar-refractivity contribution in [2.24, 2.45) is 0 Å². The number of halogens is 1. The molecule has 0 saturated heterocycles. The molecular weight excluding hydrogens is 424 g/mol. The number of nitrogens with zero attached hydrogens (tertiary/aromatic N) is 2. The number of hydrogen-bond acceptors (Lipinski definition) is 6. The summed E-state index contributed by atoms with van der Waals surface area (Å²) in [5.74, 6) is 0.821. The van der Waals surface area contributed by atoms with Crippen molar-refractivity contribution in [2.45, 2.75) is 39.0 Å². The van der Waals surface area contributed by atoms with Gasteiger partial charge in [0.15, 0.2) is 5.82 Å². The first kappa shape index (κ1) is 24.2. The highest BCUT2D eigenvalue weighted by molar-refractivity contribution is 8.01. The summed E-state index contributed by atoms with van der Waals surface area (Å²) < 4.78 is 4.93. The number of thioether (sulfide) groups is 1. The molecule has 0 aliphatic rings. The van der Waals surface area contributed by atoms with Gasteiger partial charge in [-0.3, -0.25) is 14.5 Å². The highest BCUT2D eigenvalue weighted by Crippen LogP contribution is 2.27. The van der Waals surface area contributed by atoms with Crippen molar-refractivity contribution in [1.29, 1.82) is 0 Å². The fourth-order valence-corrected chi connectivity index (χ4v) is 4.01. The van der Waals surface area contributed by atoms with Crippen LogP contribution >= 0.6 is 23.4 Å². The maximum Gasteiger partial charge on any atom is 0.238 e. The molecule has 30 heavy (non-hydrogen) atoms. The van der Waals surface area contributed by atoms with Crippen molar-refractivity contribution in [2.75, 3.05) is 30.7 Å². The Hall–Kier alpha value is -2.03. The van der Waals surface area contributed by atoms with E-state index in [1.165, 1.54) is 11.8 Å². The first-order valence-electron chi connectivity index (χ1n) is 9.96. The first-order chi connectivity index (χ1) is 14.3. The Kier molecular flexibility index (Phi) is 9.68. The van der Waals surface area contributed by atoms with E-state index >= 15 is 0 Å². The fraction of sp³-hybridized carbons (Fsp3) is 0.476. The summed E-state index contributed by atoms with van der Waals surface area (Å²) in [6.45, 7) is 9.81. The number of anilines is 1. The molecule has 164 valence electrons. The van der Waals surface area contributed by atoms with Crippen LogP contribution < -0.4 is 10.6 Å². The Labute approximate surface area is 186 Å². The van der Waals surface area contributed by atoms with Crippen LogP contribution in [0.15, 0.2) is 34.9 Å². The zero-order valence-corrected chi connectivity index (χ0v) is 19.3. The molecule has 2 N–H and O–H groups in total. The lowest BCUT2D eigenvalue weighted by Gasteiger charge is -2.31. The zero-order valence-electron chi connectivity index (χ0n) is 17.8. The fourth-order valence-electron chi connectivity index (χ4n) is 3.04. The lowest BCUT2D eigenvalue weighted by molar-refractivity contribution is -0.118. The van der Waals surface area contributed by atoms with E-state index < -0.39 is 5.25 Å². The number of nitrogens with one attached hydrogen (secondary N) is 2. The van der Waals surface area contributed by atoms with E-state index in [4.69, 9.17) is 16.1 Å². The van der Waals surface area contributed by atoms with Crippen molar-refractivity contribution in [1.82, 2.24) is 15.4 Å². The van der Waals surface area contributed by atoms with E-state index in [0.29, 0.717) is 23.1 Å². The third kappa shape index (κ3) is 7.04. The summed E-state index contributed by atoms with van der Waals surface area (Å²) >= 11 is 7.67. The van der Waals surface area contributed by atoms with Gasteiger partial charge >= 0.3 is 0 Å². The van der Waals surface area contributed by atoms with Crippen molar-refractivity contribution in [3.8, 4) is 0 Å². The van der Waals surface area contributed by atoms with Gasteiger partial charge in [0, 0.05) is 17.6 Å². The Morgan fingerprint density at radius 1 is 1.27 bits per heavy atom. The smallest absolute Gasteiger partial charge is 0.238 e. The van der Waals surface area contributed by atoms with Crippen LogP contribution in [-0.4, -0.2) is 52.5 Å². The molecule has 0 bridgehead atoms. The van der Waals surface area contributed by atoms with E-state index in [1.54, 1.807) is 19.9 Å². The number of carbonyl (C=O) groups excluding carboxylic acids is 2. The average molecular weight is 453 g/mol. The first-order valence-corrected chi connectivity index (χ1v) is 11.4. The van der Waals surface area contributed by atoms with E-state index in [9.17, 15) is 9.59 Å². The molecule has 0 fully saturated rings. The monoisotopic (exact) mass is 452 g/mol. The van der Waals surface area contributed by atoms with Gasteiger partial charge in [-0.15, -0.1) is 11.8 Å². The number of amides is 2. The average Bonchev–Trinajstić information content (AvgIpc) is 3.14. The molecule has 0 saturated carbocycles. The molecule has 2 rings (SSSR count). The number of likely N-dealkylation sites (N-methyl/N-ethyl adjacent to an activating group) is 1. The molecule has 2 atom stereocenters. The van der Waals surface area contributed by atoms with Gasteiger partial charge in [0.25, 0.3) is 0 Å². The zero-order chi connectivity index (χ0) is 22.1. The van der Waals surface area contributed by atoms with E-state index in [1.807, 2.05) is 24.3 Å². The predicted octanol–water partition coefficient (Wildman–Crippen LogP) is 3.90. The highest BCUT2D eigenvalue weighted by atomic mass is 35.5. The lowest BCUT2D eigenvalue weighted by Crippen LogP contribution is -2.39. The lowest BCUT2D eigenvalue weighted by atomic mass is 10.0. The van der Waals surface area contributed by atoms with E-state index in [2.05, 4.69) is 34.5 Å². The molecule has 1 aromatic carbocycles. The Morgan fingerprint density at radius 2 is 1.97 bits per heavy atom. The van der Waals surface area contributed by atoms with Gasteiger partial charge in [-0.1, -0.05) is 48.8 Å². The number of carbonyl (C=O) groups is 2. The third-order valence-corrected chi connectivity index (χ3v) is 6.21. The van der Waals surface area contributed by atoms with Crippen LogP contribution in [0.3, 0.4) is 0 Å². The minimum atomic E-state index is -0.407. The maximum atomic E-state index is 12.4. The minimum absolute atomic E-state index is 0.0150. The van der Waals surface area contributed by atoms with Crippen LogP contribution in [-0.2, 0) is 9.59 Å². The van der Waals surface area contributed by atoms with E-state index in [0.717, 1.165) is 18.7 Å². The van der Waals surface area contributed by atoms with Crippen LogP contribution in [0.5, 0.6) is 0 Å². The van der Waals surface area contributed by atoms with Gasteiger partial charge in [0.05, 0.1) is 17.0 Å². The molecule has 0 spiro atoms. The summed E-state index contributed by atoms with van der Waals surface area (Å²) in [5.41, 5.74) is 0.992. The van der Waals surface area contributed by atoms with Crippen molar-refractivity contribution in [3.63, 3.8) is 0 Å². The number of aryl methyl sites for hydroxylation is 1. The standard InChI is InChI=1S/C21H29ClN4O3S/c1-5-26(6-2)18(16-9-7-8-10-17(16)22)12-23-20(27)13-30-15(4)21(28)24-19-11-14(3)29-25-19/h7-11,15,18H,5-6,12-13H2,1-4H3,(H,23,27)(H,24,25,28). The molecule has 0 radical (unpaired) electrons. The molecule has 2 unspecified atom stereocenters. The van der Waals surface area contributed by atoms with Crippen LogP contribution in [0, 0.1) is 6.92 Å². The molecule has 9 heteroatoms. The van der Waals surface area contributed by atoms with Gasteiger partial charge in [-0.25, -0.2) is 0 Å². The second-order valence-corrected chi connectivity index (χ2v) is 8.56. The maximum absolute atomic E-state index is 12.4. The largest absolute Gasteiger partial charge is 0.360 e. The molecule has 0 aliphatic heterocycles. The second-order valence-electron chi connectivity index (χ2n) is 6.83. The SMILES string of the molecule is CCN(CC)C(CNC(=O)CSC(C)C(=O)Nc1cc(C)on1)c1ccccc1Cl. The molecule has 2 aromatic rings. The Bertz CT molecular complexity index is 841. The topological polar surface area (TPSA) is 87.5 Å². The minimum Gasteiger partial charge on any atom is -0.360 e. The van der Waals surface area contributed by atoms with E-state index in [-0.39, 0.29) is 23.6 Å². The third-order valence-electron chi connectivity index (χ3n) is 4.72. The number of benzene rings is 1. The summed E-state index contributed by atoms with van der Waals surface area (Å²) in [6.07, 6.45) is 0. The molecule has 1 heterocycles. The number of rotatable bonds is 11. The van der Waals surface area contributed by atoms with Crippen molar-refractivity contribution >= 4 is 41.0 Å². The van der Waals surface area contributed by atoms with Crippen LogP contribution in [0.25, 0.3) is 0 Å². The van der Waals surface area contributed by atoms with Crippen LogP contribution in [0.2, 0.25) is 5.02 Å². The Balaban J connectivity index is 1.87. The van der Waals surface area contributed by atoms with Gasteiger partial charge in [0.2, 0.25) is 11.8 Å². The van der Waals surface area contributed by atoms with Gasteiger partial charge in [-0.05, 0) is 38.6 Å². The summed E-state index contributed by atoms with van der Waals surface area (Å²) in [4.78, 5) is 26.9. The Morgan fingerprint density at radius 3 is 2.57 bits per heavy atom. The summed E-state index contributed by atoms with van der Waals surface area (Å²) in [7, 11) is 0. The number of aromatic nitrogens is 1. The predicted molar refractivity (Wildman–Crippen MR) is 122 cm³/mol.